The first kappa shape index (κ1) is 11.1. The molecule has 3 rings (SSSR count). The Morgan fingerprint density at radius 1 is 1.24 bits per heavy atom. The molecule has 0 radical (unpaired) electrons. The summed E-state index contributed by atoms with van der Waals surface area (Å²) in [7, 11) is 0. The van der Waals surface area contributed by atoms with Gasteiger partial charge in [-0.3, -0.25) is 4.90 Å². The molecule has 1 N–H and O–H groups in total. The second kappa shape index (κ2) is 5.10. The molecule has 1 aromatic rings. The van der Waals surface area contributed by atoms with Gasteiger partial charge in [0.25, 0.3) is 0 Å². The highest BCUT2D eigenvalue weighted by molar-refractivity contribution is 4.95. The lowest BCUT2D eigenvalue weighted by Crippen LogP contribution is -2.43. The molecule has 2 saturated heterocycles. The van der Waals surface area contributed by atoms with Crippen LogP contribution < -0.4 is 5.32 Å². The minimum atomic E-state index is 0.696. The lowest BCUT2D eigenvalue weighted by Gasteiger charge is -2.28. The third-order valence-electron chi connectivity index (χ3n) is 3.94. The van der Waals surface area contributed by atoms with Crippen molar-refractivity contribution in [2.45, 2.75) is 44.3 Å². The number of aromatic nitrogens is 2. The van der Waals surface area contributed by atoms with E-state index >= 15 is 0 Å². The normalized spacial score (nSPS) is 29.9. The molecule has 4 heteroatoms. The monoisotopic (exact) mass is 232 g/mol. The Bertz CT molecular complexity index is 348. The highest BCUT2D eigenvalue weighted by atomic mass is 15.2. The van der Waals surface area contributed by atoms with Crippen LogP contribution in [0.15, 0.2) is 18.5 Å². The Morgan fingerprint density at radius 2 is 2.12 bits per heavy atom. The van der Waals surface area contributed by atoms with Crippen molar-refractivity contribution in [3.63, 3.8) is 0 Å². The van der Waals surface area contributed by atoms with Crippen LogP contribution in [0.25, 0.3) is 0 Å². The number of rotatable bonds is 3. The van der Waals surface area contributed by atoms with Crippen LogP contribution >= 0.6 is 0 Å². The van der Waals surface area contributed by atoms with Crippen molar-refractivity contribution in [3.05, 3.63) is 24.3 Å². The van der Waals surface area contributed by atoms with Gasteiger partial charge in [0, 0.05) is 24.5 Å². The van der Waals surface area contributed by atoms with E-state index < -0.39 is 0 Å². The molecule has 0 spiro atoms. The van der Waals surface area contributed by atoms with Crippen molar-refractivity contribution >= 4 is 0 Å². The molecular formula is C13H20N4. The van der Waals surface area contributed by atoms with Gasteiger partial charge in [0.1, 0.15) is 5.82 Å². The van der Waals surface area contributed by atoms with Gasteiger partial charge in [0.2, 0.25) is 0 Å². The van der Waals surface area contributed by atoms with E-state index in [2.05, 4.69) is 20.2 Å². The predicted molar refractivity (Wildman–Crippen MR) is 66.5 cm³/mol. The maximum atomic E-state index is 4.33. The first-order valence-electron chi connectivity index (χ1n) is 6.67. The smallest absolute Gasteiger partial charge is 0.142 e. The van der Waals surface area contributed by atoms with Gasteiger partial charge in [-0.1, -0.05) is 0 Å². The molecule has 92 valence electrons. The molecular weight excluding hydrogens is 212 g/mol. The number of nitrogens with one attached hydrogen (secondary N) is 1. The maximum Gasteiger partial charge on any atom is 0.142 e. The maximum absolute atomic E-state index is 4.33. The van der Waals surface area contributed by atoms with Crippen LogP contribution in [0.4, 0.5) is 0 Å². The van der Waals surface area contributed by atoms with Crippen LogP contribution in [-0.4, -0.2) is 40.0 Å². The Hall–Kier alpha value is -1.00. The Kier molecular flexibility index (Phi) is 3.34. The summed E-state index contributed by atoms with van der Waals surface area (Å²) >= 11 is 0. The number of hydrogen-bond acceptors (Lipinski definition) is 4. The van der Waals surface area contributed by atoms with Crippen LogP contribution in [0, 0.1) is 0 Å². The van der Waals surface area contributed by atoms with Crippen molar-refractivity contribution in [1.82, 2.24) is 20.2 Å². The minimum Gasteiger partial charge on any atom is -0.312 e. The van der Waals surface area contributed by atoms with Crippen LogP contribution in [0.1, 0.15) is 31.5 Å². The third kappa shape index (κ3) is 2.48. The molecule has 0 bridgehead atoms. The molecule has 0 aliphatic carbocycles. The Labute approximate surface area is 102 Å². The average molecular weight is 232 g/mol. The minimum absolute atomic E-state index is 0.696. The lowest BCUT2D eigenvalue weighted by atomic mass is 10.0. The molecule has 2 aliphatic rings. The van der Waals surface area contributed by atoms with Crippen molar-refractivity contribution in [2.24, 2.45) is 0 Å². The third-order valence-corrected chi connectivity index (χ3v) is 3.94. The van der Waals surface area contributed by atoms with Crippen molar-refractivity contribution in [3.8, 4) is 0 Å². The molecule has 0 amide bonds. The van der Waals surface area contributed by atoms with Crippen LogP contribution in [0.5, 0.6) is 0 Å². The molecule has 0 aromatic carbocycles. The molecule has 2 atom stereocenters. The van der Waals surface area contributed by atoms with Crippen LogP contribution in [0.2, 0.25) is 0 Å². The number of likely N-dealkylation sites (tertiary alicyclic amines) is 1. The second-order valence-corrected chi connectivity index (χ2v) is 5.05. The quantitative estimate of drug-likeness (QED) is 0.850. The standard InChI is InChI=1S/C13H20N4/c1-4-11(14-6-1)12-5-2-9-17(12)10-13-15-7-3-8-16-13/h3,7-8,11-12,14H,1-2,4-6,9-10H2. The fraction of sp³-hybridized carbons (Fsp3) is 0.692. The summed E-state index contributed by atoms with van der Waals surface area (Å²) in [4.78, 5) is 11.2. The zero-order valence-corrected chi connectivity index (χ0v) is 10.2. The van der Waals surface area contributed by atoms with E-state index in [0.29, 0.717) is 12.1 Å². The summed E-state index contributed by atoms with van der Waals surface area (Å²) in [5.74, 6) is 0.956. The topological polar surface area (TPSA) is 41.1 Å². The molecule has 4 nitrogen and oxygen atoms in total. The number of nitrogens with zero attached hydrogens (tertiary/aromatic N) is 3. The van der Waals surface area contributed by atoms with Crippen molar-refractivity contribution in [2.75, 3.05) is 13.1 Å². The number of hydrogen-bond donors (Lipinski definition) is 1. The van der Waals surface area contributed by atoms with Gasteiger partial charge < -0.3 is 5.32 Å². The zero-order valence-electron chi connectivity index (χ0n) is 10.2. The fourth-order valence-electron chi connectivity index (χ4n) is 3.14. The molecule has 2 unspecified atom stereocenters. The van der Waals surface area contributed by atoms with E-state index in [0.717, 1.165) is 12.4 Å². The van der Waals surface area contributed by atoms with Gasteiger partial charge in [-0.05, 0) is 44.8 Å². The SMILES string of the molecule is c1cnc(CN2CCCC2C2CCCN2)nc1. The summed E-state index contributed by atoms with van der Waals surface area (Å²) in [6, 6.07) is 3.27. The van der Waals surface area contributed by atoms with Gasteiger partial charge in [0.05, 0.1) is 6.54 Å². The molecule has 3 heterocycles. The summed E-state index contributed by atoms with van der Waals surface area (Å²) in [5, 5.41) is 3.63. The molecule has 2 fully saturated rings. The van der Waals surface area contributed by atoms with E-state index in [-0.39, 0.29) is 0 Å². The van der Waals surface area contributed by atoms with Crippen LogP contribution in [-0.2, 0) is 6.54 Å². The summed E-state index contributed by atoms with van der Waals surface area (Å²) in [6.07, 6.45) is 8.97. The van der Waals surface area contributed by atoms with E-state index in [1.165, 1.54) is 38.8 Å². The average Bonchev–Trinajstić information content (AvgIpc) is 3.00. The molecule has 0 saturated carbocycles. The molecule has 2 aliphatic heterocycles. The summed E-state index contributed by atoms with van der Waals surface area (Å²) in [6.45, 7) is 3.29. The van der Waals surface area contributed by atoms with E-state index in [1.807, 2.05) is 18.5 Å². The highest BCUT2D eigenvalue weighted by Crippen LogP contribution is 2.25. The second-order valence-electron chi connectivity index (χ2n) is 5.05. The van der Waals surface area contributed by atoms with Crippen LogP contribution in [0.3, 0.4) is 0 Å². The Balaban J connectivity index is 1.65. The van der Waals surface area contributed by atoms with Crippen molar-refractivity contribution in [1.29, 1.82) is 0 Å². The molecule has 1 aromatic heterocycles. The van der Waals surface area contributed by atoms with E-state index in [9.17, 15) is 0 Å². The van der Waals surface area contributed by atoms with Crippen molar-refractivity contribution < 1.29 is 0 Å². The van der Waals surface area contributed by atoms with Gasteiger partial charge in [-0.15, -0.1) is 0 Å². The van der Waals surface area contributed by atoms with Gasteiger partial charge >= 0.3 is 0 Å². The lowest BCUT2D eigenvalue weighted by molar-refractivity contribution is 0.202. The first-order valence-corrected chi connectivity index (χ1v) is 6.67. The van der Waals surface area contributed by atoms with Gasteiger partial charge in [0.15, 0.2) is 0 Å². The van der Waals surface area contributed by atoms with Gasteiger partial charge in [-0.2, -0.15) is 0 Å². The summed E-state index contributed by atoms with van der Waals surface area (Å²) in [5.41, 5.74) is 0. The zero-order chi connectivity index (χ0) is 11.5. The Morgan fingerprint density at radius 3 is 2.88 bits per heavy atom. The van der Waals surface area contributed by atoms with E-state index in [1.54, 1.807) is 0 Å². The first-order chi connectivity index (χ1) is 8.43. The fourth-order valence-corrected chi connectivity index (χ4v) is 3.14. The van der Waals surface area contributed by atoms with E-state index in [4.69, 9.17) is 0 Å². The summed E-state index contributed by atoms with van der Waals surface area (Å²) < 4.78 is 0. The highest BCUT2D eigenvalue weighted by Gasteiger charge is 2.33. The predicted octanol–water partition coefficient (Wildman–Crippen LogP) is 1.19. The largest absolute Gasteiger partial charge is 0.312 e. The van der Waals surface area contributed by atoms with Gasteiger partial charge in [-0.25, -0.2) is 9.97 Å². The molecule has 17 heavy (non-hydrogen) atoms.